The van der Waals surface area contributed by atoms with Crippen molar-refractivity contribution >= 4 is 5.82 Å². The maximum absolute atomic E-state index is 5.72. The molecule has 5 nitrogen and oxygen atoms in total. The molecule has 1 saturated carbocycles. The van der Waals surface area contributed by atoms with Crippen LogP contribution in [0.15, 0.2) is 6.07 Å². The lowest BCUT2D eigenvalue weighted by Crippen LogP contribution is -2.09. The summed E-state index contributed by atoms with van der Waals surface area (Å²) in [6, 6.07) is 1.87. The lowest BCUT2D eigenvalue weighted by atomic mass is 10.4. The molecule has 1 aromatic heterocycles. The number of hydrogen-bond acceptors (Lipinski definition) is 5. The van der Waals surface area contributed by atoms with Crippen LogP contribution in [0.1, 0.15) is 38.9 Å². The molecule has 5 heteroatoms. The van der Waals surface area contributed by atoms with E-state index >= 15 is 0 Å². The van der Waals surface area contributed by atoms with Crippen LogP contribution in [0.2, 0.25) is 0 Å². The van der Waals surface area contributed by atoms with Crippen LogP contribution in [0, 0.1) is 5.92 Å². The average Bonchev–Trinajstić information content (AvgIpc) is 3.25. The molecular formula is C14H23N3O2. The largest absolute Gasteiger partial charge is 0.477 e. The Morgan fingerprint density at radius 2 is 2.16 bits per heavy atom. The van der Waals surface area contributed by atoms with Crippen molar-refractivity contribution < 1.29 is 9.47 Å². The third kappa shape index (κ3) is 5.03. The summed E-state index contributed by atoms with van der Waals surface area (Å²) in [7, 11) is 0. The first-order chi connectivity index (χ1) is 9.31. The molecule has 1 aliphatic carbocycles. The molecule has 0 spiro atoms. The van der Waals surface area contributed by atoms with Crippen molar-refractivity contribution in [2.45, 2.75) is 39.7 Å². The summed E-state index contributed by atoms with van der Waals surface area (Å²) < 4.78 is 11.1. The van der Waals surface area contributed by atoms with Gasteiger partial charge in [-0.3, -0.25) is 0 Å². The van der Waals surface area contributed by atoms with E-state index in [1.807, 2.05) is 13.0 Å². The van der Waals surface area contributed by atoms with Gasteiger partial charge >= 0.3 is 0 Å². The van der Waals surface area contributed by atoms with Gasteiger partial charge in [0.25, 0.3) is 0 Å². The smallest absolute Gasteiger partial charge is 0.218 e. The highest BCUT2D eigenvalue weighted by molar-refractivity contribution is 5.38. The Bertz CT molecular complexity index is 368. The zero-order valence-corrected chi connectivity index (χ0v) is 11.8. The summed E-state index contributed by atoms with van der Waals surface area (Å²) in [4.78, 5) is 8.80. The quantitative estimate of drug-likeness (QED) is 0.744. The molecule has 0 aliphatic heterocycles. The molecule has 0 amide bonds. The van der Waals surface area contributed by atoms with Gasteiger partial charge in [0.2, 0.25) is 5.88 Å². The van der Waals surface area contributed by atoms with Gasteiger partial charge in [0, 0.05) is 19.2 Å². The molecule has 0 bridgehead atoms. The lowest BCUT2D eigenvalue weighted by Gasteiger charge is -2.10. The van der Waals surface area contributed by atoms with E-state index in [1.165, 1.54) is 12.8 Å². The second-order valence-electron chi connectivity index (χ2n) is 4.83. The van der Waals surface area contributed by atoms with E-state index in [2.05, 4.69) is 22.2 Å². The van der Waals surface area contributed by atoms with Gasteiger partial charge in [-0.1, -0.05) is 6.92 Å². The number of hydrogen-bond donors (Lipinski definition) is 1. The number of aromatic nitrogens is 2. The summed E-state index contributed by atoms with van der Waals surface area (Å²) in [6.07, 6.45) is 3.61. The van der Waals surface area contributed by atoms with Crippen LogP contribution in [0.25, 0.3) is 0 Å². The highest BCUT2D eigenvalue weighted by Gasteiger charge is 2.22. The van der Waals surface area contributed by atoms with Crippen molar-refractivity contribution in [2.24, 2.45) is 5.92 Å². The Labute approximate surface area is 114 Å². The van der Waals surface area contributed by atoms with Crippen molar-refractivity contribution in [1.82, 2.24) is 9.97 Å². The Hall–Kier alpha value is -1.36. The molecule has 1 heterocycles. The zero-order valence-electron chi connectivity index (χ0n) is 11.8. The Morgan fingerprint density at radius 3 is 2.84 bits per heavy atom. The van der Waals surface area contributed by atoms with E-state index in [1.54, 1.807) is 0 Å². The molecule has 1 fully saturated rings. The fourth-order valence-corrected chi connectivity index (χ4v) is 1.64. The maximum atomic E-state index is 5.72. The van der Waals surface area contributed by atoms with Gasteiger partial charge in [-0.25, -0.2) is 4.98 Å². The maximum Gasteiger partial charge on any atom is 0.218 e. The molecule has 1 aromatic rings. The highest BCUT2D eigenvalue weighted by Crippen LogP contribution is 2.29. The van der Waals surface area contributed by atoms with E-state index in [-0.39, 0.29) is 0 Å². The average molecular weight is 265 g/mol. The monoisotopic (exact) mass is 265 g/mol. The van der Waals surface area contributed by atoms with Crippen molar-refractivity contribution in [3.05, 3.63) is 11.9 Å². The Kier molecular flexibility index (Phi) is 5.39. The van der Waals surface area contributed by atoms with Crippen molar-refractivity contribution in [3.63, 3.8) is 0 Å². The zero-order chi connectivity index (χ0) is 13.5. The third-order valence-electron chi connectivity index (χ3n) is 2.90. The highest BCUT2D eigenvalue weighted by atomic mass is 16.5. The molecule has 0 radical (unpaired) electrons. The minimum Gasteiger partial charge on any atom is -0.477 e. The Balaban J connectivity index is 2.00. The Morgan fingerprint density at radius 1 is 1.32 bits per heavy atom. The van der Waals surface area contributed by atoms with E-state index in [0.717, 1.165) is 31.3 Å². The second kappa shape index (κ2) is 7.28. The van der Waals surface area contributed by atoms with Crippen LogP contribution < -0.4 is 10.1 Å². The van der Waals surface area contributed by atoms with Crippen LogP contribution in [-0.2, 0) is 11.3 Å². The number of ether oxygens (including phenoxy) is 2. The lowest BCUT2D eigenvalue weighted by molar-refractivity contribution is 0.127. The predicted molar refractivity (Wildman–Crippen MR) is 74.4 cm³/mol. The van der Waals surface area contributed by atoms with Gasteiger partial charge in [0.15, 0.2) is 5.82 Å². The predicted octanol–water partition coefficient (Wildman–Crippen LogP) is 2.62. The number of nitrogens with zero attached hydrogens (tertiary/aromatic N) is 2. The minimum atomic E-state index is 0.429. The second-order valence-corrected chi connectivity index (χ2v) is 4.83. The van der Waals surface area contributed by atoms with Gasteiger partial charge in [-0.05, 0) is 32.1 Å². The minimum absolute atomic E-state index is 0.429. The molecule has 2 rings (SSSR count). The molecule has 0 aromatic carbocycles. The molecule has 0 unspecified atom stereocenters. The summed E-state index contributed by atoms with van der Waals surface area (Å²) >= 11 is 0. The molecule has 0 saturated heterocycles. The van der Waals surface area contributed by atoms with Crippen LogP contribution >= 0.6 is 0 Å². The van der Waals surface area contributed by atoms with E-state index in [0.29, 0.717) is 24.9 Å². The first-order valence-corrected chi connectivity index (χ1v) is 7.14. The van der Waals surface area contributed by atoms with Crippen molar-refractivity contribution in [1.29, 1.82) is 0 Å². The van der Waals surface area contributed by atoms with Crippen molar-refractivity contribution in [2.75, 3.05) is 25.1 Å². The summed E-state index contributed by atoms with van der Waals surface area (Å²) in [5.74, 6) is 2.86. The van der Waals surface area contributed by atoms with Crippen molar-refractivity contribution in [3.8, 4) is 5.88 Å². The molecule has 106 valence electrons. The standard InChI is InChI=1S/C14H23N3O2/c1-3-7-15-12-8-14(19-9-11-5-6-11)17-13(16-12)10-18-4-2/h8,11H,3-7,9-10H2,1-2H3,(H,15,16,17). The van der Waals surface area contributed by atoms with E-state index in [4.69, 9.17) is 9.47 Å². The van der Waals surface area contributed by atoms with Crippen LogP contribution in [-0.4, -0.2) is 29.7 Å². The summed E-state index contributed by atoms with van der Waals surface area (Å²) in [5.41, 5.74) is 0. The van der Waals surface area contributed by atoms with Gasteiger partial charge in [0.1, 0.15) is 12.4 Å². The fourth-order valence-electron chi connectivity index (χ4n) is 1.64. The molecule has 1 aliphatic rings. The van der Waals surface area contributed by atoms with Crippen LogP contribution in [0.5, 0.6) is 5.88 Å². The fraction of sp³-hybridized carbons (Fsp3) is 0.714. The molecule has 19 heavy (non-hydrogen) atoms. The number of rotatable bonds is 9. The summed E-state index contributed by atoms with van der Waals surface area (Å²) in [6.45, 7) is 6.83. The topological polar surface area (TPSA) is 56.3 Å². The first kappa shape index (κ1) is 14.1. The summed E-state index contributed by atoms with van der Waals surface area (Å²) in [5, 5.41) is 3.27. The third-order valence-corrected chi connectivity index (χ3v) is 2.90. The van der Waals surface area contributed by atoms with Gasteiger partial charge in [-0.2, -0.15) is 4.98 Å². The van der Waals surface area contributed by atoms with Crippen LogP contribution in [0.4, 0.5) is 5.82 Å². The molecule has 0 atom stereocenters. The van der Waals surface area contributed by atoms with Crippen LogP contribution in [0.3, 0.4) is 0 Å². The van der Waals surface area contributed by atoms with E-state index < -0.39 is 0 Å². The normalized spacial score (nSPS) is 14.4. The van der Waals surface area contributed by atoms with Gasteiger partial charge in [0.05, 0.1) is 6.61 Å². The van der Waals surface area contributed by atoms with E-state index in [9.17, 15) is 0 Å². The first-order valence-electron chi connectivity index (χ1n) is 7.14. The SMILES string of the molecule is CCCNc1cc(OCC2CC2)nc(COCC)n1. The van der Waals surface area contributed by atoms with Gasteiger partial charge in [-0.15, -0.1) is 0 Å². The molecular weight excluding hydrogens is 242 g/mol. The number of nitrogens with one attached hydrogen (secondary N) is 1. The van der Waals surface area contributed by atoms with Gasteiger partial charge < -0.3 is 14.8 Å². The molecule has 1 N–H and O–H groups in total. The number of anilines is 1.